The summed E-state index contributed by atoms with van der Waals surface area (Å²) in [6, 6.07) is 5.25. The largest absolute Gasteiger partial charge is 0.459 e. The molecule has 2 amide bonds. The van der Waals surface area contributed by atoms with Crippen molar-refractivity contribution in [3.05, 3.63) is 23.8 Å². The molecule has 18 heteroatoms. The number of hydrogen-bond donors (Lipinski definition) is 3. The molecule has 0 aliphatic carbocycles. The van der Waals surface area contributed by atoms with Gasteiger partial charge in [0.05, 0.1) is 47.3 Å². The summed E-state index contributed by atoms with van der Waals surface area (Å²) < 4.78 is 33.4. The molecule has 3 N–H and O–H groups in total. The SMILES string of the molecule is CC[C@H]1OC(=O)[C@H](C)C(=O)[C@H](C)[C@@H](O[C@@H]2O[C@H](C)C[C@H](N(C)C)[C@H]2O)[C@@]2(C)C[C@@H](C)C(=NC(C)=O)[C@H](C)[C@H](OC/C(=N\OCc3ccc4sc(NC(C)=O)nc4c3)CO2)[C@]1(C)O. The number of amides is 2. The Labute approximate surface area is 367 Å². The van der Waals surface area contributed by atoms with Gasteiger partial charge in [-0.15, -0.1) is 0 Å². The number of benzene rings is 1. The predicted molar refractivity (Wildman–Crippen MR) is 233 cm³/mol. The third kappa shape index (κ3) is 11.3. The molecule has 3 fully saturated rings. The van der Waals surface area contributed by atoms with Gasteiger partial charge in [-0.25, -0.2) is 9.98 Å². The number of ketones is 1. The number of aliphatic hydroxyl groups excluding tert-OH is 1. The van der Waals surface area contributed by atoms with Crippen molar-refractivity contribution >= 4 is 61.7 Å². The van der Waals surface area contributed by atoms with E-state index >= 15 is 0 Å². The Morgan fingerprint density at radius 2 is 1.79 bits per heavy atom. The number of Topliss-reactive ketones (excluding diaryl/α,β-unsaturated/α-hetero) is 1. The molecule has 17 nitrogen and oxygen atoms in total. The number of nitrogens with one attached hydrogen (secondary N) is 1. The average molecular weight is 888 g/mol. The number of ether oxygens (including phenoxy) is 5. The van der Waals surface area contributed by atoms with Crippen molar-refractivity contribution in [2.45, 2.75) is 149 Å². The van der Waals surface area contributed by atoms with Gasteiger partial charge in [-0.1, -0.05) is 50.3 Å². The van der Waals surface area contributed by atoms with Crippen LogP contribution in [-0.4, -0.2) is 136 Å². The number of anilines is 1. The lowest BCUT2D eigenvalue weighted by Crippen LogP contribution is -2.60. The number of aromatic nitrogens is 1. The third-order valence-corrected chi connectivity index (χ3v) is 13.2. The van der Waals surface area contributed by atoms with Crippen LogP contribution >= 0.6 is 11.3 Å². The first-order valence-electron chi connectivity index (χ1n) is 21.4. The second kappa shape index (κ2) is 20.4. The number of carbonyl (C=O) groups is 4. The van der Waals surface area contributed by atoms with Crippen molar-refractivity contribution in [1.29, 1.82) is 0 Å². The van der Waals surface area contributed by atoms with E-state index in [2.05, 4.69) is 20.4 Å². The lowest BCUT2D eigenvalue weighted by molar-refractivity contribution is -0.296. The van der Waals surface area contributed by atoms with Gasteiger partial charge in [0.25, 0.3) is 0 Å². The molecule has 0 saturated carbocycles. The number of hydrogen-bond acceptors (Lipinski definition) is 16. The van der Waals surface area contributed by atoms with Crippen LogP contribution in [0.2, 0.25) is 0 Å². The van der Waals surface area contributed by atoms with Crippen LogP contribution in [0.15, 0.2) is 28.3 Å². The van der Waals surface area contributed by atoms with Crippen molar-refractivity contribution in [2.75, 3.05) is 32.6 Å². The molecule has 0 spiro atoms. The first-order valence-corrected chi connectivity index (χ1v) is 22.2. The van der Waals surface area contributed by atoms with Crippen LogP contribution in [0.3, 0.4) is 0 Å². The zero-order chi connectivity index (χ0) is 45.8. The molecule has 3 saturated heterocycles. The van der Waals surface area contributed by atoms with Crippen LogP contribution in [0.25, 0.3) is 10.2 Å². The molecule has 62 heavy (non-hydrogen) atoms. The summed E-state index contributed by atoms with van der Waals surface area (Å²) in [5.41, 5.74) is -1.21. The van der Waals surface area contributed by atoms with E-state index in [1.54, 1.807) is 27.7 Å². The van der Waals surface area contributed by atoms with Crippen LogP contribution in [0.4, 0.5) is 5.13 Å². The fourth-order valence-electron chi connectivity index (χ4n) is 9.07. The van der Waals surface area contributed by atoms with E-state index in [1.165, 1.54) is 39.0 Å². The molecule has 5 rings (SSSR count). The minimum absolute atomic E-state index is 0.0266. The number of likely N-dealkylation sites (N-methyl/N-ethyl adjacent to an activating group) is 1. The van der Waals surface area contributed by atoms with Gasteiger partial charge < -0.3 is 49.0 Å². The topological polar surface area (TPSA) is 217 Å². The van der Waals surface area contributed by atoms with Gasteiger partial charge in [-0.05, 0) is 84.7 Å². The Hall–Kier alpha value is -3.75. The highest BCUT2D eigenvalue weighted by Gasteiger charge is 2.53. The lowest BCUT2D eigenvalue weighted by Gasteiger charge is -2.47. The molecule has 344 valence electrons. The van der Waals surface area contributed by atoms with Crippen LogP contribution in [-0.2, 0) is 54.3 Å². The molecule has 0 radical (unpaired) electrons. The van der Waals surface area contributed by atoms with Crippen LogP contribution in [0, 0.1) is 23.7 Å². The maximum absolute atomic E-state index is 14.5. The van der Waals surface area contributed by atoms with Gasteiger partial charge in [0.1, 0.15) is 36.0 Å². The number of nitrogens with zero attached hydrogens (tertiary/aromatic N) is 4. The number of cyclic esters (lactones) is 1. The minimum Gasteiger partial charge on any atom is -0.459 e. The maximum Gasteiger partial charge on any atom is 0.316 e. The normalized spacial score (nSPS) is 36.8. The number of carbonyl (C=O) groups excluding carboxylic acids is 4. The third-order valence-electron chi connectivity index (χ3n) is 12.3. The van der Waals surface area contributed by atoms with Gasteiger partial charge in [-0.3, -0.25) is 19.2 Å². The number of oxime groups is 1. The standard InChI is InChI=1S/C44H65N5O12S/c1-13-34-44(10,55)39-24(4)35(45-27(7)50)22(2)18-43(9,38(25(5)36(52)26(6)40(54)60-34)61-41-37(53)32(49(11)12)16-23(3)59-41)57-21-30(20-56-39)48-58-19-29-14-15-33-31(17-29)47-42(62-33)46-28(8)51/h14-15,17,22-26,32,34,37-39,41,53,55H,13,16,18-21H2,1-12H3,(H,46,47,51)/b45-35?,48-30+/t22-,23-,24+,25+,26-,32+,34-,37-,38-,39+,41+,43-,44-/m1/s1. The van der Waals surface area contributed by atoms with Crippen molar-refractivity contribution in [3.63, 3.8) is 0 Å². The summed E-state index contributed by atoms with van der Waals surface area (Å²) >= 11 is 1.35. The second-order valence-electron chi connectivity index (χ2n) is 17.8. The minimum atomic E-state index is -1.87. The summed E-state index contributed by atoms with van der Waals surface area (Å²) in [7, 11) is 3.72. The molecular weight excluding hydrogens is 823 g/mol. The van der Waals surface area contributed by atoms with E-state index in [0.29, 0.717) is 22.8 Å². The highest BCUT2D eigenvalue weighted by molar-refractivity contribution is 7.22. The number of fused-ring (bicyclic) bond motifs is 6. The molecule has 4 heterocycles. The summed E-state index contributed by atoms with van der Waals surface area (Å²) in [6.07, 6.45) is -5.26. The van der Waals surface area contributed by atoms with Crippen molar-refractivity contribution in [1.82, 2.24) is 9.88 Å². The van der Waals surface area contributed by atoms with Crippen molar-refractivity contribution < 1.29 is 57.9 Å². The fraction of sp³-hybridized carbons (Fsp3) is 0.705. The highest BCUT2D eigenvalue weighted by atomic mass is 32.1. The smallest absolute Gasteiger partial charge is 0.316 e. The molecule has 2 bridgehead atoms. The zero-order valence-electron chi connectivity index (χ0n) is 38.0. The molecule has 13 atom stereocenters. The first kappa shape index (κ1) is 49.3. The first-order chi connectivity index (χ1) is 29.1. The molecule has 0 unspecified atom stereocenters. The molecule has 1 aromatic heterocycles. The number of esters is 1. The quantitative estimate of drug-likeness (QED) is 0.186. The van der Waals surface area contributed by atoms with Gasteiger partial charge in [0.15, 0.2) is 17.2 Å². The lowest BCUT2D eigenvalue weighted by atomic mass is 9.73. The number of rotatable bonds is 8. The molecular formula is C44H65N5O12S. The van der Waals surface area contributed by atoms with Crippen LogP contribution in [0.1, 0.15) is 94.1 Å². The fourth-order valence-corrected chi connectivity index (χ4v) is 9.96. The second-order valence-corrected chi connectivity index (χ2v) is 18.8. The monoisotopic (exact) mass is 887 g/mol. The van der Waals surface area contributed by atoms with Crippen LogP contribution < -0.4 is 5.32 Å². The molecule has 3 aliphatic heterocycles. The van der Waals surface area contributed by atoms with Gasteiger partial charge in [0.2, 0.25) is 11.8 Å². The highest BCUT2D eigenvalue weighted by Crippen LogP contribution is 2.40. The summed E-state index contributed by atoms with van der Waals surface area (Å²) in [4.78, 5) is 69.7. The number of aliphatic hydroxyl groups is 2. The van der Waals surface area contributed by atoms with E-state index in [0.717, 1.165) is 10.3 Å². The van der Waals surface area contributed by atoms with E-state index in [1.807, 2.05) is 51.0 Å². The van der Waals surface area contributed by atoms with Crippen molar-refractivity contribution in [2.24, 2.45) is 33.8 Å². The Morgan fingerprint density at radius 1 is 1.08 bits per heavy atom. The Bertz CT molecular complexity index is 2000. The van der Waals surface area contributed by atoms with E-state index in [4.69, 9.17) is 28.5 Å². The van der Waals surface area contributed by atoms with Crippen LogP contribution in [0.5, 0.6) is 0 Å². The van der Waals surface area contributed by atoms with Gasteiger partial charge in [0, 0.05) is 37.4 Å². The number of thiazole rings is 1. The summed E-state index contributed by atoms with van der Waals surface area (Å²) in [5.74, 6) is -5.65. The summed E-state index contributed by atoms with van der Waals surface area (Å²) in [6.45, 7) is 16.0. The zero-order valence-corrected chi connectivity index (χ0v) is 38.8. The number of aliphatic imine (C=N–C) groups is 1. The molecule has 3 aliphatic rings. The van der Waals surface area contributed by atoms with Gasteiger partial charge >= 0.3 is 5.97 Å². The average Bonchev–Trinajstić information content (AvgIpc) is 3.59. The maximum atomic E-state index is 14.5. The Balaban J connectivity index is 1.64. The Kier molecular flexibility index (Phi) is 16.2. The van der Waals surface area contributed by atoms with Gasteiger partial charge in [-0.2, -0.15) is 0 Å². The van der Waals surface area contributed by atoms with E-state index in [-0.39, 0.29) is 56.4 Å². The summed E-state index contributed by atoms with van der Waals surface area (Å²) in [5, 5.41) is 31.8. The molecule has 2 aromatic rings. The van der Waals surface area contributed by atoms with E-state index < -0.39 is 83.2 Å². The predicted octanol–water partition coefficient (Wildman–Crippen LogP) is 4.69. The molecule has 1 aromatic carbocycles. The Morgan fingerprint density at radius 3 is 2.44 bits per heavy atom. The van der Waals surface area contributed by atoms with E-state index in [9.17, 15) is 29.4 Å². The van der Waals surface area contributed by atoms with Crippen molar-refractivity contribution in [3.8, 4) is 0 Å².